The second-order valence-corrected chi connectivity index (χ2v) is 4.95. The van der Waals surface area contributed by atoms with Crippen LogP contribution in [-0.2, 0) is 5.72 Å². The molecule has 0 aliphatic carbocycles. The number of urea groups is 1. The summed E-state index contributed by atoms with van der Waals surface area (Å²) in [4.78, 5) is 16.0. The molecule has 0 aromatic carbocycles. The minimum Gasteiger partial charge on any atom is -0.365 e. The second kappa shape index (κ2) is 2.96. The number of thiophene rings is 1. The highest BCUT2D eigenvalue weighted by Crippen LogP contribution is 2.38. The Morgan fingerprint density at radius 2 is 2.33 bits per heavy atom. The predicted octanol–water partition coefficient (Wildman–Crippen LogP) is 1.03. The first-order valence-electron chi connectivity index (χ1n) is 5.05. The van der Waals surface area contributed by atoms with E-state index in [1.165, 1.54) is 11.3 Å². The molecule has 0 spiro atoms. The van der Waals surface area contributed by atoms with Gasteiger partial charge in [-0.2, -0.15) is 0 Å². The van der Waals surface area contributed by atoms with Gasteiger partial charge in [0, 0.05) is 13.1 Å². The summed E-state index contributed by atoms with van der Waals surface area (Å²) < 4.78 is 0. The highest BCUT2D eigenvalue weighted by molar-refractivity contribution is 7.10. The average Bonchev–Trinajstić information content (AvgIpc) is 2.77. The highest BCUT2D eigenvalue weighted by Gasteiger charge is 2.51. The quantitative estimate of drug-likeness (QED) is 0.774. The van der Waals surface area contributed by atoms with Crippen LogP contribution in [0.4, 0.5) is 4.79 Å². The maximum atomic E-state index is 11.8. The maximum absolute atomic E-state index is 11.8. The summed E-state index contributed by atoms with van der Waals surface area (Å²) >= 11 is 1.50. The van der Waals surface area contributed by atoms with Gasteiger partial charge in [-0.1, -0.05) is 6.07 Å². The van der Waals surface area contributed by atoms with E-state index in [0.29, 0.717) is 13.1 Å². The topological polar surface area (TPSA) is 43.8 Å². The fourth-order valence-electron chi connectivity index (χ4n) is 2.34. The first kappa shape index (κ1) is 9.18. The Bertz CT molecular complexity index is 392. The third kappa shape index (κ3) is 1.13. The van der Waals surface area contributed by atoms with Gasteiger partial charge in [-0.05, 0) is 17.9 Å². The lowest BCUT2D eigenvalue weighted by atomic mass is 10.1. The van der Waals surface area contributed by atoms with Crippen molar-refractivity contribution in [3.63, 3.8) is 0 Å². The van der Waals surface area contributed by atoms with Crippen molar-refractivity contribution >= 4 is 17.4 Å². The molecule has 15 heavy (non-hydrogen) atoms. The number of hydrogen-bond donors (Lipinski definition) is 1. The molecule has 3 rings (SSSR count). The molecule has 0 saturated carbocycles. The van der Waals surface area contributed by atoms with Gasteiger partial charge >= 0.3 is 6.03 Å². The van der Waals surface area contributed by atoms with E-state index in [1.54, 1.807) is 9.80 Å². The normalized spacial score (nSPS) is 30.1. The molecule has 2 amide bonds. The molecule has 1 aromatic heterocycles. The number of carbonyl (C=O) groups is 1. The van der Waals surface area contributed by atoms with Crippen LogP contribution in [0.2, 0.25) is 0 Å². The fourth-order valence-corrected chi connectivity index (χ4v) is 3.16. The van der Waals surface area contributed by atoms with E-state index >= 15 is 0 Å². The standard InChI is InChI=1S/C10H12N2O2S/c13-9-11-4-2-5-12(9)10(14,7-11)8-3-1-6-15-8/h1,3,6,14H,2,4-5,7H2. The number of carbonyl (C=O) groups excluding carboxylic acids is 1. The van der Waals surface area contributed by atoms with Crippen LogP contribution in [0.3, 0.4) is 0 Å². The van der Waals surface area contributed by atoms with E-state index in [-0.39, 0.29) is 6.03 Å². The van der Waals surface area contributed by atoms with E-state index in [2.05, 4.69) is 0 Å². The molecule has 2 aliphatic rings. The number of hydrogen-bond acceptors (Lipinski definition) is 3. The Kier molecular flexibility index (Phi) is 1.81. The fraction of sp³-hybridized carbons (Fsp3) is 0.500. The molecule has 1 aromatic rings. The number of aliphatic hydroxyl groups is 1. The van der Waals surface area contributed by atoms with Crippen molar-refractivity contribution < 1.29 is 9.90 Å². The van der Waals surface area contributed by atoms with Gasteiger partial charge in [0.15, 0.2) is 5.72 Å². The number of amides is 2. The van der Waals surface area contributed by atoms with Crippen molar-refractivity contribution in [2.75, 3.05) is 19.6 Å². The lowest BCUT2D eigenvalue weighted by molar-refractivity contribution is -0.0547. The van der Waals surface area contributed by atoms with Crippen molar-refractivity contribution in [3.8, 4) is 0 Å². The molecular weight excluding hydrogens is 212 g/mol. The molecule has 0 radical (unpaired) electrons. The van der Waals surface area contributed by atoms with E-state index in [9.17, 15) is 9.90 Å². The lowest BCUT2D eigenvalue weighted by Crippen LogP contribution is -2.46. The monoisotopic (exact) mass is 224 g/mol. The third-order valence-electron chi connectivity index (χ3n) is 3.08. The first-order valence-corrected chi connectivity index (χ1v) is 5.93. The Labute approximate surface area is 91.7 Å². The van der Waals surface area contributed by atoms with Crippen molar-refractivity contribution in [2.45, 2.75) is 12.1 Å². The van der Waals surface area contributed by atoms with Crippen LogP contribution in [-0.4, -0.2) is 40.6 Å². The number of nitrogens with zero attached hydrogens (tertiary/aromatic N) is 2. The molecule has 2 saturated heterocycles. The van der Waals surface area contributed by atoms with Crippen molar-refractivity contribution in [1.82, 2.24) is 9.80 Å². The SMILES string of the molecule is O=C1N2CCCN1C(O)(c1cccs1)C2. The van der Waals surface area contributed by atoms with Gasteiger partial charge in [-0.15, -0.1) is 11.3 Å². The van der Waals surface area contributed by atoms with Gasteiger partial charge in [0.2, 0.25) is 0 Å². The van der Waals surface area contributed by atoms with E-state index < -0.39 is 5.72 Å². The third-order valence-corrected chi connectivity index (χ3v) is 4.09. The molecular formula is C10H12N2O2S. The molecule has 2 bridgehead atoms. The largest absolute Gasteiger partial charge is 0.365 e. The van der Waals surface area contributed by atoms with Gasteiger partial charge in [0.1, 0.15) is 0 Å². The van der Waals surface area contributed by atoms with Gasteiger partial charge in [-0.25, -0.2) is 4.79 Å². The number of fused-ring (bicyclic) bond motifs is 2. The molecule has 4 nitrogen and oxygen atoms in total. The molecule has 1 unspecified atom stereocenters. The molecule has 3 heterocycles. The smallest absolute Gasteiger partial charge is 0.322 e. The van der Waals surface area contributed by atoms with Crippen LogP contribution in [0.25, 0.3) is 0 Å². The van der Waals surface area contributed by atoms with E-state index in [0.717, 1.165) is 17.8 Å². The molecule has 80 valence electrons. The minimum atomic E-state index is -1.08. The van der Waals surface area contributed by atoms with Crippen LogP contribution < -0.4 is 0 Å². The van der Waals surface area contributed by atoms with E-state index in [4.69, 9.17) is 0 Å². The van der Waals surface area contributed by atoms with Gasteiger partial charge in [0.25, 0.3) is 0 Å². The molecule has 5 heteroatoms. The zero-order valence-corrected chi connectivity index (χ0v) is 9.04. The van der Waals surface area contributed by atoms with Gasteiger partial charge < -0.3 is 10.0 Å². The van der Waals surface area contributed by atoms with Crippen LogP contribution in [0.1, 0.15) is 11.3 Å². The Morgan fingerprint density at radius 3 is 3.00 bits per heavy atom. The Hall–Kier alpha value is -1.07. The summed E-state index contributed by atoms with van der Waals surface area (Å²) in [6.45, 7) is 1.83. The zero-order chi connectivity index (χ0) is 10.5. The van der Waals surface area contributed by atoms with Crippen molar-refractivity contribution in [2.24, 2.45) is 0 Å². The molecule has 1 N–H and O–H groups in total. The summed E-state index contributed by atoms with van der Waals surface area (Å²) in [7, 11) is 0. The highest BCUT2D eigenvalue weighted by atomic mass is 32.1. The molecule has 1 atom stereocenters. The summed E-state index contributed by atoms with van der Waals surface area (Å²) in [6.07, 6.45) is 0.944. The lowest BCUT2D eigenvalue weighted by Gasteiger charge is -2.31. The second-order valence-electron chi connectivity index (χ2n) is 4.00. The first-order chi connectivity index (χ1) is 7.22. The maximum Gasteiger partial charge on any atom is 0.322 e. The van der Waals surface area contributed by atoms with Crippen LogP contribution in [0.5, 0.6) is 0 Å². The summed E-state index contributed by atoms with van der Waals surface area (Å²) in [5, 5.41) is 12.5. The summed E-state index contributed by atoms with van der Waals surface area (Å²) in [5.74, 6) is 0. The summed E-state index contributed by atoms with van der Waals surface area (Å²) in [6, 6.07) is 3.76. The van der Waals surface area contributed by atoms with Crippen molar-refractivity contribution in [1.29, 1.82) is 0 Å². The minimum absolute atomic E-state index is 0.0304. The summed E-state index contributed by atoms with van der Waals surface area (Å²) in [5.41, 5.74) is -1.08. The average molecular weight is 224 g/mol. The van der Waals surface area contributed by atoms with Crippen LogP contribution in [0, 0.1) is 0 Å². The Morgan fingerprint density at radius 1 is 1.47 bits per heavy atom. The molecule has 2 aliphatic heterocycles. The van der Waals surface area contributed by atoms with E-state index in [1.807, 2.05) is 17.5 Å². The number of rotatable bonds is 1. The molecule has 2 fully saturated rings. The zero-order valence-electron chi connectivity index (χ0n) is 8.22. The van der Waals surface area contributed by atoms with Crippen LogP contribution in [0.15, 0.2) is 17.5 Å². The van der Waals surface area contributed by atoms with Crippen molar-refractivity contribution in [3.05, 3.63) is 22.4 Å². The predicted molar refractivity (Wildman–Crippen MR) is 56.5 cm³/mol. The van der Waals surface area contributed by atoms with Gasteiger partial charge in [0.05, 0.1) is 11.4 Å². The van der Waals surface area contributed by atoms with Crippen LogP contribution >= 0.6 is 11.3 Å². The Balaban J connectivity index is 2.03. The van der Waals surface area contributed by atoms with Gasteiger partial charge in [-0.3, -0.25) is 4.90 Å².